The molecule has 1 N–H and O–H groups in total. The zero-order chi connectivity index (χ0) is 22.4. The maximum atomic E-state index is 13.6. The standard InChI is InChI=1S/C21H20F4N4O2/c1-14-4-10-17(11-5-14)31-13-3-2-12-26-20(30)18-19(21(23,24)25)29(28-27-18)16-8-6-15(22)7-9-16/h4-11H,2-3,12-13H2,1H3,(H,26,30). The highest BCUT2D eigenvalue weighted by Crippen LogP contribution is 2.32. The topological polar surface area (TPSA) is 69.0 Å². The van der Waals surface area contributed by atoms with Gasteiger partial charge in [0.25, 0.3) is 5.91 Å². The maximum absolute atomic E-state index is 13.6. The number of nitrogens with zero attached hydrogens (tertiary/aromatic N) is 3. The molecule has 1 aromatic heterocycles. The van der Waals surface area contributed by atoms with Crippen molar-refractivity contribution < 1.29 is 27.1 Å². The second-order valence-corrected chi connectivity index (χ2v) is 6.80. The second-order valence-electron chi connectivity index (χ2n) is 6.80. The van der Waals surface area contributed by atoms with E-state index >= 15 is 0 Å². The number of rotatable bonds is 8. The van der Waals surface area contributed by atoms with Gasteiger partial charge in [0, 0.05) is 6.54 Å². The van der Waals surface area contributed by atoms with Crippen LogP contribution in [0, 0.1) is 12.7 Å². The summed E-state index contributed by atoms with van der Waals surface area (Å²) in [6.07, 6.45) is -3.78. The number of carbonyl (C=O) groups excluding carboxylic acids is 1. The highest BCUT2D eigenvalue weighted by Gasteiger charge is 2.41. The van der Waals surface area contributed by atoms with E-state index in [-0.39, 0.29) is 12.2 Å². The lowest BCUT2D eigenvalue weighted by Crippen LogP contribution is -2.28. The Balaban J connectivity index is 1.57. The number of carbonyl (C=O) groups is 1. The minimum Gasteiger partial charge on any atom is -0.494 e. The summed E-state index contributed by atoms with van der Waals surface area (Å²) < 4.78 is 59.8. The van der Waals surface area contributed by atoms with Crippen LogP contribution in [0.2, 0.25) is 0 Å². The van der Waals surface area contributed by atoms with E-state index in [1.807, 2.05) is 31.2 Å². The van der Waals surface area contributed by atoms with Crippen molar-refractivity contribution in [3.05, 3.63) is 71.3 Å². The second kappa shape index (κ2) is 9.59. The molecule has 0 bridgehead atoms. The average Bonchev–Trinajstić information content (AvgIpc) is 3.18. The van der Waals surface area contributed by atoms with E-state index in [0.29, 0.717) is 24.1 Å². The Bertz CT molecular complexity index is 1020. The van der Waals surface area contributed by atoms with Gasteiger partial charge < -0.3 is 10.1 Å². The lowest BCUT2D eigenvalue weighted by Gasteiger charge is -2.11. The zero-order valence-electron chi connectivity index (χ0n) is 16.6. The largest absolute Gasteiger partial charge is 0.494 e. The molecule has 3 aromatic rings. The molecule has 0 saturated heterocycles. The molecule has 2 aromatic carbocycles. The van der Waals surface area contributed by atoms with Crippen LogP contribution in [0.15, 0.2) is 48.5 Å². The Kier molecular flexibility index (Phi) is 6.88. The molecule has 164 valence electrons. The van der Waals surface area contributed by atoms with E-state index in [1.165, 1.54) is 0 Å². The molecule has 10 heteroatoms. The van der Waals surface area contributed by atoms with Crippen molar-refractivity contribution in [2.75, 3.05) is 13.2 Å². The third kappa shape index (κ3) is 5.80. The maximum Gasteiger partial charge on any atom is 0.435 e. The molecule has 0 aliphatic carbocycles. The fraction of sp³-hybridized carbons (Fsp3) is 0.286. The number of unbranched alkanes of at least 4 members (excludes halogenated alkanes) is 1. The third-order valence-corrected chi connectivity index (χ3v) is 4.37. The van der Waals surface area contributed by atoms with Gasteiger partial charge in [0.2, 0.25) is 0 Å². The minimum absolute atomic E-state index is 0.0615. The Hall–Kier alpha value is -3.43. The Morgan fingerprint density at radius 2 is 1.74 bits per heavy atom. The van der Waals surface area contributed by atoms with E-state index in [1.54, 1.807) is 0 Å². The average molecular weight is 436 g/mol. The summed E-state index contributed by atoms with van der Waals surface area (Å²) in [5.41, 5.74) is -1.11. The quantitative estimate of drug-likeness (QED) is 0.422. The van der Waals surface area contributed by atoms with Gasteiger partial charge in [-0.2, -0.15) is 13.2 Å². The Morgan fingerprint density at radius 1 is 1.06 bits per heavy atom. The molecule has 6 nitrogen and oxygen atoms in total. The molecule has 0 saturated carbocycles. The summed E-state index contributed by atoms with van der Waals surface area (Å²) in [5, 5.41) is 9.27. The summed E-state index contributed by atoms with van der Waals surface area (Å²) >= 11 is 0. The third-order valence-electron chi connectivity index (χ3n) is 4.37. The van der Waals surface area contributed by atoms with Crippen LogP contribution in [0.4, 0.5) is 17.6 Å². The number of amides is 1. The number of alkyl halides is 3. The minimum atomic E-state index is -4.88. The molecule has 0 aliphatic rings. The van der Waals surface area contributed by atoms with Gasteiger partial charge >= 0.3 is 6.18 Å². The number of aromatic nitrogens is 3. The highest BCUT2D eigenvalue weighted by atomic mass is 19.4. The van der Waals surface area contributed by atoms with E-state index in [9.17, 15) is 22.4 Å². The van der Waals surface area contributed by atoms with Crippen molar-refractivity contribution in [1.29, 1.82) is 0 Å². The van der Waals surface area contributed by atoms with Crippen molar-refractivity contribution in [3.8, 4) is 11.4 Å². The molecule has 1 heterocycles. The lowest BCUT2D eigenvalue weighted by molar-refractivity contribution is -0.143. The molecule has 3 rings (SSSR count). The summed E-state index contributed by atoms with van der Waals surface area (Å²) in [5.74, 6) is -0.872. The van der Waals surface area contributed by atoms with E-state index in [2.05, 4.69) is 15.6 Å². The number of nitrogens with one attached hydrogen (secondary N) is 1. The Labute approximate surface area is 175 Å². The van der Waals surface area contributed by atoms with Crippen molar-refractivity contribution in [2.45, 2.75) is 25.9 Å². The van der Waals surface area contributed by atoms with Gasteiger partial charge in [-0.25, -0.2) is 9.07 Å². The lowest BCUT2D eigenvalue weighted by atomic mass is 10.2. The smallest absolute Gasteiger partial charge is 0.435 e. The molecule has 0 atom stereocenters. The van der Waals surface area contributed by atoms with Crippen LogP contribution in [0.1, 0.15) is 34.6 Å². The highest BCUT2D eigenvalue weighted by molar-refractivity contribution is 5.93. The summed E-state index contributed by atoms with van der Waals surface area (Å²) in [6, 6.07) is 11.8. The van der Waals surface area contributed by atoms with E-state index in [0.717, 1.165) is 35.6 Å². The van der Waals surface area contributed by atoms with Gasteiger partial charge in [-0.1, -0.05) is 22.9 Å². The Morgan fingerprint density at radius 3 is 2.39 bits per heavy atom. The van der Waals surface area contributed by atoms with Crippen molar-refractivity contribution >= 4 is 5.91 Å². The first kappa shape index (κ1) is 22.3. The van der Waals surface area contributed by atoms with Crippen molar-refractivity contribution in [1.82, 2.24) is 20.3 Å². The first-order chi connectivity index (χ1) is 14.8. The summed E-state index contributed by atoms with van der Waals surface area (Å²) in [4.78, 5) is 12.3. The molecule has 0 unspecified atom stereocenters. The van der Waals surface area contributed by atoms with Gasteiger partial charge in [0.1, 0.15) is 11.6 Å². The van der Waals surface area contributed by atoms with Crippen LogP contribution in [0.5, 0.6) is 5.75 Å². The molecule has 0 spiro atoms. The van der Waals surface area contributed by atoms with Crippen LogP contribution >= 0.6 is 0 Å². The van der Waals surface area contributed by atoms with Crippen molar-refractivity contribution in [3.63, 3.8) is 0 Å². The first-order valence-corrected chi connectivity index (χ1v) is 9.52. The fourth-order valence-corrected chi connectivity index (χ4v) is 2.79. The molecule has 0 radical (unpaired) electrons. The summed E-state index contributed by atoms with van der Waals surface area (Å²) in [7, 11) is 0. The van der Waals surface area contributed by atoms with Crippen LogP contribution < -0.4 is 10.1 Å². The number of benzene rings is 2. The van der Waals surface area contributed by atoms with Crippen LogP contribution in [-0.4, -0.2) is 34.1 Å². The number of ether oxygens (including phenoxy) is 1. The van der Waals surface area contributed by atoms with Crippen LogP contribution in [0.25, 0.3) is 5.69 Å². The summed E-state index contributed by atoms with van der Waals surface area (Å²) in [6.45, 7) is 2.53. The van der Waals surface area contributed by atoms with Crippen LogP contribution in [0.3, 0.4) is 0 Å². The molecule has 0 aliphatic heterocycles. The van der Waals surface area contributed by atoms with E-state index < -0.39 is 29.3 Å². The predicted octanol–water partition coefficient (Wildman–Crippen LogP) is 4.32. The van der Waals surface area contributed by atoms with Gasteiger partial charge in [0.15, 0.2) is 11.4 Å². The number of hydrogen-bond acceptors (Lipinski definition) is 4. The van der Waals surface area contributed by atoms with E-state index in [4.69, 9.17) is 4.74 Å². The van der Waals surface area contributed by atoms with Gasteiger partial charge in [-0.3, -0.25) is 4.79 Å². The molecule has 0 fully saturated rings. The predicted molar refractivity (Wildman–Crippen MR) is 105 cm³/mol. The monoisotopic (exact) mass is 436 g/mol. The van der Waals surface area contributed by atoms with Crippen LogP contribution in [-0.2, 0) is 6.18 Å². The van der Waals surface area contributed by atoms with Gasteiger partial charge in [-0.15, -0.1) is 5.10 Å². The number of halogens is 4. The van der Waals surface area contributed by atoms with Gasteiger partial charge in [-0.05, 0) is 56.2 Å². The fourth-order valence-electron chi connectivity index (χ4n) is 2.79. The number of hydrogen-bond donors (Lipinski definition) is 1. The number of aryl methyl sites for hydroxylation is 1. The SMILES string of the molecule is Cc1ccc(OCCCCNC(=O)c2nnn(-c3ccc(F)cc3)c2C(F)(F)F)cc1. The molecular formula is C21H20F4N4O2. The molecule has 1 amide bonds. The van der Waals surface area contributed by atoms with Gasteiger partial charge in [0.05, 0.1) is 12.3 Å². The normalized spacial score (nSPS) is 11.4. The zero-order valence-corrected chi connectivity index (χ0v) is 16.6. The first-order valence-electron chi connectivity index (χ1n) is 9.52. The molecule has 31 heavy (non-hydrogen) atoms. The molecular weight excluding hydrogens is 416 g/mol. The van der Waals surface area contributed by atoms with Crippen molar-refractivity contribution in [2.24, 2.45) is 0 Å².